The Kier molecular flexibility index (Phi) is 5.80. The normalized spacial score (nSPS) is 13.5. The first-order chi connectivity index (χ1) is 8.79. The Morgan fingerprint density at radius 3 is 2.53 bits per heavy atom. The van der Waals surface area contributed by atoms with E-state index in [0.717, 1.165) is 18.4 Å². The fourth-order valence-electron chi connectivity index (χ4n) is 1.40. The van der Waals surface area contributed by atoms with E-state index in [2.05, 4.69) is 10.0 Å². The van der Waals surface area contributed by atoms with Crippen LogP contribution < -0.4 is 10.0 Å². The standard InChI is InChI=1S/C11H16F2N2O3S/c1-19(17,18)15-5-4-14-7-11(16)8-2-3-9(12)10(13)6-8/h2-3,6,11,14-16H,4-5,7H2,1H3. The highest BCUT2D eigenvalue weighted by Crippen LogP contribution is 2.15. The van der Waals surface area contributed by atoms with Gasteiger partial charge in [0.25, 0.3) is 0 Å². The Morgan fingerprint density at radius 1 is 1.26 bits per heavy atom. The number of benzene rings is 1. The van der Waals surface area contributed by atoms with Crippen molar-refractivity contribution >= 4 is 10.0 Å². The van der Waals surface area contributed by atoms with Crippen LogP contribution in [0.3, 0.4) is 0 Å². The van der Waals surface area contributed by atoms with Gasteiger partial charge in [0.2, 0.25) is 10.0 Å². The van der Waals surface area contributed by atoms with Crippen LogP contribution in [0.1, 0.15) is 11.7 Å². The molecule has 19 heavy (non-hydrogen) atoms. The molecule has 0 saturated heterocycles. The highest BCUT2D eigenvalue weighted by Gasteiger charge is 2.10. The molecule has 0 radical (unpaired) electrons. The van der Waals surface area contributed by atoms with Crippen molar-refractivity contribution in [1.82, 2.24) is 10.0 Å². The van der Waals surface area contributed by atoms with E-state index in [4.69, 9.17) is 0 Å². The lowest BCUT2D eigenvalue weighted by Gasteiger charge is -2.12. The molecule has 5 nitrogen and oxygen atoms in total. The Morgan fingerprint density at radius 2 is 1.95 bits per heavy atom. The summed E-state index contributed by atoms with van der Waals surface area (Å²) in [6.45, 7) is 0.605. The predicted octanol–water partition coefficient (Wildman–Crippen LogP) is 0.137. The van der Waals surface area contributed by atoms with Gasteiger partial charge in [0.05, 0.1) is 12.4 Å². The van der Waals surface area contributed by atoms with Gasteiger partial charge in [0.1, 0.15) is 0 Å². The van der Waals surface area contributed by atoms with Crippen molar-refractivity contribution in [1.29, 1.82) is 0 Å². The van der Waals surface area contributed by atoms with E-state index in [-0.39, 0.29) is 18.7 Å². The molecule has 0 fully saturated rings. The summed E-state index contributed by atoms with van der Waals surface area (Å²) >= 11 is 0. The summed E-state index contributed by atoms with van der Waals surface area (Å²) < 4.78 is 49.4. The van der Waals surface area contributed by atoms with Gasteiger partial charge in [-0.1, -0.05) is 6.07 Å². The summed E-state index contributed by atoms with van der Waals surface area (Å²) in [5, 5.41) is 12.5. The first-order valence-corrected chi connectivity index (χ1v) is 7.47. The molecule has 3 N–H and O–H groups in total. The maximum atomic E-state index is 12.9. The van der Waals surface area contributed by atoms with Gasteiger partial charge in [-0.2, -0.15) is 0 Å². The van der Waals surface area contributed by atoms with Gasteiger partial charge < -0.3 is 10.4 Å². The Bertz CT molecular complexity index is 523. The minimum Gasteiger partial charge on any atom is -0.387 e. The molecule has 0 aromatic heterocycles. The fourth-order valence-corrected chi connectivity index (χ4v) is 1.87. The van der Waals surface area contributed by atoms with E-state index in [0.29, 0.717) is 6.54 Å². The van der Waals surface area contributed by atoms with Crippen LogP contribution in [0.15, 0.2) is 18.2 Å². The van der Waals surface area contributed by atoms with Crippen LogP contribution in [-0.2, 0) is 10.0 Å². The van der Waals surface area contributed by atoms with Crippen molar-refractivity contribution in [2.75, 3.05) is 25.9 Å². The van der Waals surface area contributed by atoms with E-state index in [1.165, 1.54) is 6.07 Å². The maximum absolute atomic E-state index is 12.9. The summed E-state index contributed by atoms with van der Waals surface area (Å²) in [7, 11) is -3.23. The first kappa shape index (κ1) is 16.0. The Labute approximate surface area is 110 Å². The predicted molar refractivity (Wildman–Crippen MR) is 67.0 cm³/mol. The van der Waals surface area contributed by atoms with Crippen LogP contribution in [0, 0.1) is 11.6 Å². The van der Waals surface area contributed by atoms with Crippen molar-refractivity contribution in [2.24, 2.45) is 0 Å². The third-order valence-corrected chi connectivity index (χ3v) is 3.06. The molecule has 0 aliphatic heterocycles. The zero-order valence-corrected chi connectivity index (χ0v) is 11.2. The number of hydrogen-bond donors (Lipinski definition) is 3. The number of nitrogens with one attached hydrogen (secondary N) is 2. The zero-order valence-electron chi connectivity index (χ0n) is 10.4. The van der Waals surface area contributed by atoms with E-state index in [1.54, 1.807) is 0 Å². The van der Waals surface area contributed by atoms with E-state index in [9.17, 15) is 22.3 Å². The van der Waals surface area contributed by atoms with Crippen LogP contribution in [0.4, 0.5) is 8.78 Å². The van der Waals surface area contributed by atoms with Crippen molar-refractivity contribution in [3.8, 4) is 0 Å². The monoisotopic (exact) mass is 294 g/mol. The highest BCUT2D eigenvalue weighted by atomic mass is 32.2. The van der Waals surface area contributed by atoms with Crippen LogP contribution in [0.2, 0.25) is 0 Å². The summed E-state index contributed by atoms with van der Waals surface area (Å²) in [6.07, 6.45) is 0.0525. The van der Waals surface area contributed by atoms with Gasteiger partial charge in [-0.05, 0) is 17.7 Å². The van der Waals surface area contributed by atoms with Crippen molar-refractivity contribution in [3.63, 3.8) is 0 Å². The summed E-state index contributed by atoms with van der Waals surface area (Å²) in [4.78, 5) is 0. The average molecular weight is 294 g/mol. The van der Waals surface area contributed by atoms with Crippen LogP contribution >= 0.6 is 0 Å². The first-order valence-electron chi connectivity index (χ1n) is 5.58. The molecule has 1 aromatic carbocycles. The average Bonchev–Trinajstić information content (AvgIpc) is 2.30. The third-order valence-electron chi connectivity index (χ3n) is 2.33. The molecule has 1 rings (SSSR count). The summed E-state index contributed by atoms with van der Waals surface area (Å²) in [5.41, 5.74) is 0.252. The number of halogens is 2. The highest BCUT2D eigenvalue weighted by molar-refractivity contribution is 7.88. The number of sulfonamides is 1. The molecule has 0 aliphatic rings. The SMILES string of the molecule is CS(=O)(=O)NCCNCC(O)c1ccc(F)c(F)c1. The topological polar surface area (TPSA) is 78.4 Å². The summed E-state index contributed by atoms with van der Waals surface area (Å²) in [6, 6.07) is 3.16. The smallest absolute Gasteiger partial charge is 0.208 e. The van der Waals surface area contributed by atoms with Crippen molar-refractivity contribution in [2.45, 2.75) is 6.10 Å². The van der Waals surface area contributed by atoms with Gasteiger partial charge in [0.15, 0.2) is 11.6 Å². The lowest BCUT2D eigenvalue weighted by atomic mass is 10.1. The van der Waals surface area contributed by atoms with E-state index in [1.807, 2.05) is 0 Å². The van der Waals surface area contributed by atoms with Crippen LogP contribution in [0.5, 0.6) is 0 Å². The Balaban J connectivity index is 2.35. The van der Waals surface area contributed by atoms with Crippen LogP contribution in [-0.4, -0.2) is 39.4 Å². The minimum atomic E-state index is -3.23. The molecule has 0 heterocycles. The minimum absolute atomic E-state index is 0.108. The van der Waals surface area contributed by atoms with Gasteiger partial charge >= 0.3 is 0 Å². The number of aliphatic hydroxyl groups is 1. The molecule has 1 atom stereocenters. The molecule has 8 heteroatoms. The molecular formula is C11H16F2N2O3S. The molecular weight excluding hydrogens is 278 g/mol. The second kappa shape index (κ2) is 6.90. The second-order valence-electron chi connectivity index (χ2n) is 4.06. The molecule has 0 amide bonds. The maximum Gasteiger partial charge on any atom is 0.208 e. The fraction of sp³-hybridized carbons (Fsp3) is 0.455. The summed E-state index contributed by atoms with van der Waals surface area (Å²) in [5.74, 6) is -1.99. The van der Waals surface area contributed by atoms with Crippen molar-refractivity contribution in [3.05, 3.63) is 35.4 Å². The van der Waals surface area contributed by atoms with Gasteiger partial charge in [-0.25, -0.2) is 21.9 Å². The van der Waals surface area contributed by atoms with Gasteiger partial charge in [0, 0.05) is 19.6 Å². The quantitative estimate of drug-likeness (QED) is 0.625. The zero-order chi connectivity index (χ0) is 14.5. The molecule has 0 saturated carbocycles. The lowest BCUT2D eigenvalue weighted by Crippen LogP contribution is -2.32. The lowest BCUT2D eigenvalue weighted by molar-refractivity contribution is 0.174. The molecule has 1 unspecified atom stereocenters. The van der Waals surface area contributed by atoms with Gasteiger partial charge in [-0.3, -0.25) is 0 Å². The number of hydrogen-bond acceptors (Lipinski definition) is 4. The number of aliphatic hydroxyl groups excluding tert-OH is 1. The van der Waals surface area contributed by atoms with Gasteiger partial charge in [-0.15, -0.1) is 0 Å². The molecule has 0 spiro atoms. The van der Waals surface area contributed by atoms with E-state index < -0.39 is 27.8 Å². The molecule has 0 bridgehead atoms. The second-order valence-corrected chi connectivity index (χ2v) is 5.89. The molecule has 108 valence electrons. The molecule has 0 aliphatic carbocycles. The van der Waals surface area contributed by atoms with E-state index >= 15 is 0 Å². The molecule has 1 aromatic rings. The Hall–Kier alpha value is -1.09. The van der Waals surface area contributed by atoms with Crippen LogP contribution in [0.25, 0.3) is 0 Å². The third kappa shape index (κ3) is 6.06. The number of rotatable bonds is 7. The largest absolute Gasteiger partial charge is 0.387 e. The van der Waals surface area contributed by atoms with Crippen molar-refractivity contribution < 1.29 is 22.3 Å².